The average molecular weight is 278 g/mol. The van der Waals surface area contributed by atoms with Crippen LogP contribution in [0.25, 0.3) is 10.8 Å². The molecular formula is C15H16ClNO2. The van der Waals surface area contributed by atoms with E-state index in [9.17, 15) is 4.79 Å². The van der Waals surface area contributed by atoms with Gasteiger partial charge in [0.2, 0.25) is 0 Å². The Bertz CT molecular complexity index is 673. The summed E-state index contributed by atoms with van der Waals surface area (Å²) in [7, 11) is 1.68. The molecule has 0 atom stereocenters. The lowest BCUT2D eigenvalue weighted by molar-refractivity contribution is 0.0251. The van der Waals surface area contributed by atoms with Crippen LogP contribution in [0.15, 0.2) is 35.3 Å². The van der Waals surface area contributed by atoms with Crippen LogP contribution in [-0.2, 0) is 10.3 Å². The van der Waals surface area contributed by atoms with E-state index in [0.29, 0.717) is 17.0 Å². The fraction of sp³-hybridized carbons (Fsp3) is 0.400. The Morgan fingerprint density at radius 1 is 1.37 bits per heavy atom. The third-order valence-electron chi connectivity index (χ3n) is 4.08. The number of pyridine rings is 1. The molecule has 1 fully saturated rings. The second-order valence-corrected chi connectivity index (χ2v) is 5.67. The third-order valence-corrected chi connectivity index (χ3v) is 4.31. The molecule has 1 aromatic carbocycles. The highest BCUT2D eigenvalue weighted by atomic mass is 35.5. The van der Waals surface area contributed by atoms with E-state index in [-0.39, 0.29) is 11.1 Å². The standard InChI is InChI=1S/C15H16ClNO2/c1-19-10-15(6-2-7-15)17-8-5-11-3-4-12(16)9-13(11)14(17)18/h3-5,8-9H,2,6-7,10H2,1H3. The van der Waals surface area contributed by atoms with Gasteiger partial charge >= 0.3 is 0 Å². The Labute approximate surface area is 116 Å². The van der Waals surface area contributed by atoms with Gasteiger partial charge in [0, 0.05) is 23.7 Å². The summed E-state index contributed by atoms with van der Waals surface area (Å²) in [5, 5.41) is 2.20. The molecule has 1 aliphatic carbocycles. The molecule has 3 rings (SSSR count). The minimum absolute atomic E-state index is 0.0248. The van der Waals surface area contributed by atoms with Gasteiger partial charge in [-0.15, -0.1) is 0 Å². The first kappa shape index (κ1) is 12.7. The largest absolute Gasteiger partial charge is 0.382 e. The van der Waals surface area contributed by atoms with Gasteiger partial charge in [-0.2, -0.15) is 0 Å². The molecule has 0 saturated heterocycles. The maximum Gasteiger partial charge on any atom is 0.259 e. The van der Waals surface area contributed by atoms with Crippen LogP contribution in [0.3, 0.4) is 0 Å². The Morgan fingerprint density at radius 3 is 2.79 bits per heavy atom. The Balaban J connectivity index is 2.20. The maximum atomic E-state index is 12.6. The lowest BCUT2D eigenvalue weighted by Crippen LogP contribution is -2.49. The van der Waals surface area contributed by atoms with Crippen molar-refractivity contribution >= 4 is 22.4 Å². The molecule has 1 heterocycles. The predicted molar refractivity (Wildman–Crippen MR) is 76.9 cm³/mol. The highest BCUT2D eigenvalue weighted by molar-refractivity contribution is 6.31. The molecule has 0 radical (unpaired) electrons. The van der Waals surface area contributed by atoms with Gasteiger partial charge in [-0.05, 0) is 42.8 Å². The summed E-state index contributed by atoms with van der Waals surface area (Å²) in [6.45, 7) is 0.582. The summed E-state index contributed by atoms with van der Waals surface area (Å²) in [6.07, 6.45) is 5.01. The van der Waals surface area contributed by atoms with Crippen LogP contribution in [0.1, 0.15) is 19.3 Å². The van der Waals surface area contributed by atoms with Crippen LogP contribution >= 0.6 is 11.6 Å². The Kier molecular flexibility index (Phi) is 3.11. The maximum absolute atomic E-state index is 12.6. The minimum atomic E-state index is -0.164. The summed E-state index contributed by atoms with van der Waals surface area (Å²) in [4.78, 5) is 12.6. The normalized spacial score (nSPS) is 17.4. The second-order valence-electron chi connectivity index (χ2n) is 5.23. The van der Waals surface area contributed by atoms with E-state index >= 15 is 0 Å². The van der Waals surface area contributed by atoms with Crippen molar-refractivity contribution in [2.75, 3.05) is 13.7 Å². The summed E-state index contributed by atoms with van der Waals surface area (Å²) in [5.41, 5.74) is -0.140. The summed E-state index contributed by atoms with van der Waals surface area (Å²) in [5.74, 6) is 0. The number of ether oxygens (including phenoxy) is 1. The Hall–Kier alpha value is -1.32. The number of methoxy groups -OCH3 is 1. The summed E-state index contributed by atoms with van der Waals surface area (Å²) in [6, 6.07) is 7.41. The Morgan fingerprint density at radius 2 is 2.16 bits per heavy atom. The molecule has 1 aliphatic rings. The number of hydrogen-bond acceptors (Lipinski definition) is 2. The summed E-state index contributed by atoms with van der Waals surface area (Å²) >= 11 is 5.99. The van der Waals surface area contributed by atoms with Gasteiger partial charge in [0.05, 0.1) is 12.1 Å². The number of rotatable bonds is 3. The number of nitrogens with zero attached hydrogens (tertiary/aromatic N) is 1. The molecule has 3 nitrogen and oxygen atoms in total. The molecular weight excluding hydrogens is 262 g/mol. The van der Waals surface area contributed by atoms with Crippen molar-refractivity contribution in [1.82, 2.24) is 4.57 Å². The molecule has 1 saturated carbocycles. The number of benzene rings is 1. The zero-order valence-corrected chi connectivity index (χ0v) is 11.6. The van der Waals surface area contributed by atoms with Gasteiger partial charge in [-0.1, -0.05) is 17.7 Å². The van der Waals surface area contributed by atoms with E-state index < -0.39 is 0 Å². The van der Waals surface area contributed by atoms with Crippen LogP contribution in [0.4, 0.5) is 0 Å². The number of aromatic nitrogens is 1. The van der Waals surface area contributed by atoms with E-state index in [1.807, 2.05) is 29.0 Å². The van der Waals surface area contributed by atoms with Gasteiger partial charge in [0.25, 0.3) is 5.56 Å². The first-order valence-electron chi connectivity index (χ1n) is 6.47. The van der Waals surface area contributed by atoms with Gasteiger partial charge < -0.3 is 9.30 Å². The molecule has 0 spiro atoms. The molecule has 0 aliphatic heterocycles. The van der Waals surface area contributed by atoms with Crippen molar-refractivity contribution in [1.29, 1.82) is 0 Å². The van der Waals surface area contributed by atoms with Crippen molar-refractivity contribution < 1.29 is 4.74 Å². The molecule has 1 aromatic heterocycles. The molecule has 0 unspecified atom stereocenters. The van der Waals surface area contributed by atoms with Gasteiger partial charge in [0.15, 0.2) is 0 Å². The molecule has 19 heavy (non-hydrogen) atoms. The van der Waals surface area contributed by atoms with Gasteiger partial charge in [-0.3, -0.25) is 4.79 Å². The lowest BCUT2D eigenvalue weighted by Gasteiger charge is -2.42. The van der Waals surface area contributed by atoms with Crippen LogP contribution in [-0.4, -0.2) is 18.3 Å². The minimum Gasteiger partial charge on any atom is -0.382 e. The van der Waals surface area contributed by atoms with Crippen LogP contribution in [0, 0.1) is 0 Å². The van der Waals surface area contributed by atoms with Gasteiger partial charge in [0.1, 0.15) is 0 Å². The molecule has 100 valence electrons. The second kappa shape index (κ2) is 4.66. The number of halogens is 1. The molecule has 0 amide bonds. The number of hydrogen-bond donors (Lipinski definition) is 0. The average Bonchev–Trinajstić information content (AvgIpc) is 2.36. The quantitative estimate of drug-likeness (QED) is 0.863. The van der Waals surface area contributed by atoms with Crippen molar-refractivity contribution in [2.45, 2.75) is 24.8 Å². The monoisotopic (exact) mass is 277 g/mol. The fourth-order valence-electron chi connectivity index (χ4n) is 2.89. The molecule has 2 aromatic rings. The van der Waals surface area contributed by atoms with E-state index in [2.05, 4.69) is 0 Å². The highest BCUT2D eigenvalue weighted by Crippen LogP contribution is 2.38. The first-order chi connectivity index (χ1) is 9.16. The first-order valence-corrected chi connectivity index (χ1v) is 6.84. The molecule has 0 bridgehead atoms. The molecule has 0 N–H and O–H groups in total. The number of fused-ring (bicyclic) bond motifs is 1. The van der Waals surface area contributed by atoms with E-state index in [1.165, 1.54) is 0 Å². The zero-order chi connectivity index (χ0) is 13.5. The van der Waals surface area contributed by atoms with Crippen molar-refractivity contribution in [3.8, 4) is 0 Å². The predicted octanol–water partition coefficient (Wildman–Crippen LogP) is 3.18. The van der Waals surface area contributed by atoms with E-state index in [0.717, 1.165) is 24.6 Å². The van der Waals surface area contributed by atoms with Crippen LogP contribution in [0.5, 0.6) is 0 Å². The summed E-state index contributed by atoms with van der Waals surface area (Å²) < 4.78 is 7.14. The lowest BCUT2D eigenvalue weighted by atomic mass is 9.77. The fourth-order valence-corrected chi connectivity index (χ4v) is 3.07. The zero-order valence-electron chi connectivity index (χ0n) is 10.9. The van der Waals surface area contributed by atoms with Crippen molar-refractivity contribution in [3.63, 3.8) is 0 Å². The van der Waals surface area contributed by atoms with Crippen molar-refractivity contribution in [2.24, 2.45) is 0 Å². The van der Waals surface area contributed by atoms with Crippen molar-refractivity contribution in [3.05, 3.63) is 45.8 Å². The topological polar surface area (TPSA) is 31.2 Å². The smallest absolute Gasteiger partial charge is 0.259 e. The van der Waals surface area contributed by atoms with E-state index in [1.54, 1.807) is 13.2 Å². The highest BCUT2D eigenvalue weighted by Gasteiger charge is 2.39. The third kappa shape index (κ3) is 1.97. The van der Waals surface area contributed by atoms with Crippen LogP contribution in [0.2, 0.25) is 5.02 Å². The van der Waals surface area contributed by atoms with Crippen LogP contribution < -0.4 is 5.56 Å². The van der Waals surface area contributed by atoms with Gasteiger partial charge in [-0.25, -0.2) is 0 Å². The van der Waals surface area contributed by atoms with E-state index in [4.69, 9.17) is 16.3 Å². The SMILES string of the molecule is COCC1(n2ccc3ccc(Cl)cc3c2=O)CCC1. The molecule has 4 heteroatoms.